The number of nitrogens with one attached hydrogen (secondary N) is 1. The maximum atomic E-state index is 13.1. The number of fused-ring (bicyclic) bond motifs is 1. The third-order valence-corrected chi connectivity index (χ3v) is 5.68. The summed E-state index contributed by atoms with van der Waals surface area (Å²) in [6.45, 7) is 0. The molecule has 4 aromatic rings. The van der Waals surface area contributed by atoms with Gasteiger partial charge in [0.2, 0.25) is 0 Å². The fourth-order valence-electron chi connectivity index (χ4n) is 3.79. The van der Waals surface area contributed by atoms with E-state index in [0.717, 1.165) is 4.90 Å². The summed E-state index contributed by atoms with van der Waals surface area (Å²) in [6.07, 6.45) is 0. The van der Waals surface area contributed by atoms with Crippen LogP contribution in [0, 0.1) is 0 Å². The standard InChI is InChI=1S/C28H18N4O5/c33-25(29-19-9-6-17(7-10-19)28(36)37)18-8-15-23-24(16-18)27(35)32(26(23)34)22-13-11-21(12-14-22)31-30-20-4-2-1-3-5-20/h1-16H,(H,29,33)(H,36,37)/b31-30+. The van der Waals surface area contributed by atoms with Gasteiger partial charge in [0.25, 0.3) is 17.7 Å². The first-order chi connectivity index (χ1) is 17.9. The molecule has 9 heteroatoms. The van der Waals surface area contributed by atoms with Crippen molar-refractivity contribution in [1.29, 1.82) is 0 Å². The smallest absolute Gasteiger partial charge is 0.335 e. The summed E-state index contributed by atoms with van der Waals surface area (Å²) in [4.78, 5) is 50.8. The molecule has 0 bridgehead atoms. The predicted octanol–water partition coefficient (Wildman–Crippen LogP) is 5.85. The maximum absolute atomic E-state index is 13.1. The van der Waals surface area contributed by atoms with Crippen molar-refractivity contribution in [3.63, 3.8) is 0 Å². The molecular formula is C28H18N4O5. The number of carboxylic acids is 1. The lowest BCUT2D eigenvalue weighted by molar-refractivity contribution is 0.0696. The Balaban J connectivity index is 1.32. The van der Waals surface area contributed by atoms with Crippen molar-refractivity contribution >= 4 is 46.4 Å². The van der Waals surface area contributed by atoms with Crippen LogP contribution in [0.15, 0.2) is 107 Å². The van der Waals surface area contributed by atoms with Gasteiger partial charge in [0.15, 0.2) is 0 Å². The minimum Gasteiger partial charge on any atom is -0.478 e. The average Bonchev–Trinajstić information content (AvgIpc) is 3.17. The molecule has 3 amide bonds. The molecule has 1 aliphatic heterocycles. The van der Waals surface area contributed by atoms with E-state index in [1.807, 2.05) is 30.3 Å². The molecule has 0 atom stereocenters. The van der Waals surface area contributed by atoms with Crippen LogP contribution in [0.25, 0.3) is 0 Å². The number of benzene rings is 4. The SMILES string of the molecule is O=C(O)c1ccc(NC(=O)c2ccc3c(c2)C(=O)N(c2ccc(/N=N/c4ccccc4)cc2)C3=O)cc1. The van der Waals surface area contributed by atoms with Crippen molar-refractivity contribution in [3.8, 4) is 0 Å². The number of carbonyl (C=O) groups excluding carboxylic acids is 3. The Hall–Kier alpha value is -5.44. The number of rotatable bonds is 6. The highest BCUT2D eigenvalue weighted by molar-refractivity contribution is 6.34. The van der Waals surface area contributed by atoms with Gasteiger partial charge >= 0.3 is 5.97 Å². The fourth-order valence-corrected chi connectivity index (χ4v) is 3.79. The van der Waals surface area contributed by atoms with E-state index in [9.17, 15) is 19.2 Å². The molecule has 180 valence electrons. The number of nitrogens with zero attached hydrogens (tertiary/aromatic N) is 3. The molecule has 0 spiro atoms. The normalized spacial score (nSPS) is 12.6. The van der Waals surface area contributed by atoms with E-state index in [2.05, 4.69) is 15.5 Å². The third-order valence-electron chi connectivity index (χ3n) is 5.68. The molecule has 1 heterocycles. The van der Waals surface area contributed by atoms with E-state index in [-0.39, 0.29) is 22.3 Å². The van der Waals surface area contributed by atoms with Crippen LogP contribution in [-0.4, -0.2) is 28.8 Å². The van der Waals surface area contributed by atoms with E-state index in [1.54, 1.807) is 24.3 Å². The van der Waals surface area contributed by atoms with Gasteiger partial charge in [-0.15, -0.1) is 0 Å². The number of anilines is 2. The molecule has 0 aliphatic carbocycles. The van der Waals surface area contributed by atoms with Gasteiger partial charge in [-0.1, -0.05) is 18.2 Å². The molecule has 5 rings (SSSR count). The maximum Gasteiger partial charge on any atom is 0.335 e. The summed E-state index contributed by atoms with van der Waals surface area (Å²) < 4.78 is 0. The Labute approximate surface area is 210 Å². The van der Waals surface area contributed by atoms with Crippen molar-refractivity contribution in [1.82, 2.24) is 0 Å². The molecule has 0 fully saturated rings. The van der Waals surface area contributed by atoms with E-state index in [1.165, 1.54) is 42.5 Å². The van der Waals surface area contributed by atoms with Crippen molar-refractivity contribution in [2.24, 2.45) is 10.2 Å². The minimum absolute atomic E-state index is 0.0898. The molecule has 0 aromatic heterocycles. The average molecular weight is 490 g/mol. The van der Waals surface area contributed by atoms with Crippen LogP contribution in [-0.2, 0) is 0 Å². The van der Waals surface area contributed by atoms with E-state index in [0.29, 0.717) is 22.7 Å². The summed E-state index contributed by atoms with van der Waals surface area (Å²) in [5.41, 5.74) is 2.60. The lowest BCUT2D eigenvalue weighted by Gasteiger charge is -2.13. The zero-order chi connectivity index (χ0) is 25.9. The lowest BCUT2D eigenvalue weighted by Crippen LogP contribution is -2.29. The number of amides is 3. The summed E-state index contributed by atoms with van der Waals surface area (Å²) >= 11 is 0. The van der Waals surface area contributed by atoms with Crippen LogP contribution in [0.3, 0.4) is 0 Å². The number of azo groups is 1. The van der Waals surface area contributed by atoms with E-state index in [4.69, 9.17) is 5.11 Å². The zero-order valence-electron chi connectivity index (χ0n) is 19.2. The first-order valence-corrected chi connectivity index (χ1v) is 11.1. The molecule has 9 nitrogen and oxygen atoms in total. The molecule has 0 saturated carbocycles. The highest BCUT2D eigenvalue weighted by Crippen LogP contribution is 2.31. The van der Waals surface area contributed by atoms with Gasteiger partial charge in [-0.25, -0.2) is 9.69 Å². The van der Waals surface area contributed by atoms with Gasteiger partial charge < -0.3 is 10.4 Å². The monoisotopic (exact) mass is 490 g/mol. The number of hydrogen-bond donors (Lipinski definition) is 2. The highest BCUT2D eigenvalue weighted by atomic mass is 16.4. The van der Waals surface area contributed by atoms with Gasteiger partial charge in [-0.3, -0.25) is 14.4 Å². The lowest BCUT2D eigenvalue weighted by atomic mass is 10.1. The third kappa shape index (κ3) is 4.73. The van der Waals surface area contributed by atoms with Crippen LogP contribution in [0.2, 0.25) is 0 Å². The van der Waals surface area contributed by atoms with Gasteiger partial charge in [-0.05, 0) is 78.9 Å². The molecule has 0 saturated heterocycles. The van der Waals surface area contributed by atoms with Gasteiger partial charge in [-0.2, -0.15) is 10.2 Å². The molecule has 0 unspecified atom stereocenters. The zero-order valence-corrected chi connectivity index (χ0v) is 19.2. The Morgan fingerprint density at radius 2 is 1.27 bits per heavy atom. The summed E-state index contributed by atoms with van der Waals surface area (Å²) in [5.74, 6) is -2.61. The van der Waals surface area contributed by atoms with Crippen LogP contribution >= 0.6 is 0 Å². The summed E-state index contributed by atoms with van der Waals surface area (Å²) in [7, 11) is 0. The Kier molecular flexibility index (Phi) is 6.09. The molecule has 0 radical (unpaired) electrons. The van der Waals surface area contributed by atoms with Gasteiger partial charge in [0, 0.05) is 11.3 Å². The second-order valence-electron chi connectivity index (χ2n) is 8.09. The first-order valence-electron chi connectivity index (χ1n) is 11.1. The summed E-state index contributed by atoms with van der Waals surface area (Å²) in [5, 5.41) is 20.0. The molecule has 2 N–H and O–H groups in total. The number of hydrogen-bond acceptors (Lipinski definition) is 6. The highest BCUT2D eigenvalue weighted by Gasteiger charge is 2.37. The van der Waals surface area contributed by atoms with Crippen LogP contribution in [0.1, 0.15) is 41.4 Å². The topological polar surface area (TPSA) is 128 Å². The first kappa shape index (κ1) is 23.3. The molecular weight excluding hydrogens is 472 g/mol. The van der Waals surface area contributed by atoms with Crippen molar-refractivity contribution in [2.75, 3.05) is 10.2 Å². The number of carbonyl (C=O) groups is 4. The molecule has 1 aliphatic rings. The van der Waals surface area contributed by atoms with Gasteiger partial charge in [0.05, 0.1) is 33.8 Å². The summed E-state index contributed by atoms with van der Waals surface area (Å²) in [6, 6.07) is 25.7. The van der Waals surface area contributed by atoms with Gasteiger partial charge in [0.1, 0.15) is 0 Å². The largest absolute Gasteiger partial charge is 0.478 e. The van der Waals surface area contributed by atoms with Crippen molar-refractivity contribution < 1.29 is 24.3 Å². The second-order valence-corrected chi connectivity index (χ2v) is 8.09. The fraction of sp³-hybridized carbons (Fsp3) is 0. The Morgan fingerprint density at radius 1 is 0.676 bits per heavy atom. The quantitative estimate of drug-likeness (QED) is 0.259. The van der Waals surface area contributed by atoms with Crippen molar-refractivity contribution in [2.45, 2.75) is 0 Å². The van der Waals surface area contributed by atoms with Crippen molar-refractivity contribution in [3.05, 3.63) is 119 Å². The number of imide groups is 1. The Morgan fingerprint density at radius 3 is 1.92 bits per heavy atom. The minimum atomic E-state index is -1.07. The Bertz CT molecular complexity index is 1560. The van der Waals surface area contributed by atoms with Crippen LogP contribution < -0.4 is 10.2 Å². The van der Waals surface area contributed by atoms with E-state index < -0.39 is 23.7 Å². The second kappa shape index (κ2) is 9.67. The van der Waals surface area contributed by atoms with E-state index >= 15 is 0 Å². The number of carboxylic acid groups (broad SMARTS) is 1. The van der Waals surface area contributed by atoms with Crippen LogP contribution in [0.5, 0.6) is 0 Å². The number of aromatic carboxylic acids is 1. The molecule has 37 heavy (non-hydrogen) atoms. The predicted molar refractivity (Wildman–Crippen MR) is 136 cm³/mol. The van der Waals surface area contributed by atoms with Crippen LogP contribution in [0.4, 0.5) is 22.7 Å². The molecule has 4 aromatic carbocycles.